The largest absolute Gasteiger partial charge is 0.459 e. The van der Waals surface area contributed by atoms with E-state index in [4.69, 9.17) is 9.15 Å². The summed E-state index contributed by atoms with van der Waals surface area (Å²) in [6.07, 6.45) is 5.16. The van der Waals surface area contributed by atoms with E-state index in [0.717, 1.165) is 4.88 Å². The third kappa shape index (κ3) is 4.39. The molecule has 29 heavy (non-hydrogen) atoms. The number of piperidine rings is 1. The van der Waals surface area contributed by atoms with Crippen molar-refractivity contribution < 1.29 is 22.4 Å². The smallest absolute Gasteiger partial charge is 0.309 e. The summed E-state index contributed by atoms with van der Waals surface area (Å²) in [5, 5.41) is 1.93. The molecule has 0 radical (unpaired) electrons. The molecule has 0 amide bonds. The lowest BCUT2D eigenvalue weighted by atomic mass is 9.98. The molecule has 1 saturated heterocycles. The second-order valence-electron chi connectivity index (χ2n) is 6.60. The SMILES string of the molecule is O=C(OCc1coc(-c2cccs2)n1)C1CCN(S(=O)(=O)c2cccnc2)CC1. The van der Waals surface area contributed by atoms with Crippen LogP contribution in [0, 0.1) is 5.92 Å². The summed E-state index contributed by atoms with van der Waals surface area (Å²) in [5.74, 6) is -0.178. The molecule has 152 valence electrons. The van der Waals surface area contributed by atoms with Gasteiger partial charge in [-0.3, -0.25) is 9.78 Å². The van der Waals surface area contributed by atoms with Gasteiger partial charge in [-0.15, -0.1) is 11.3 Å². The van der Waals surface area contributed by atoms with E-state index < -0.39 is 10.0 Å². The Kier molecular flexibility index (Phi) is 5.74. The molecule has 3 aromatic rings. The van der Waals surface area contributed by atoms with Crippen molar-refractivity contribution in [2.75, 3.05) is 13.1 Å². The molecule has 0 atom stereocenters. The van der Waals surface area contributed by atoms with Crippen molar-refractivity contribution in [2.24, 2.45) is 5.92 Å². The molecule has 10 heteroatoms. The Balaban J connectivity index is 1.29. The van der Waals surface area contributed by atoms with Crippen molar-refractivity contribution in [2.45, 2.75) is 24.3 Å². The molecule has 0 unspecified atom stereocenters. The maximum Gasteiger partial charge on any atom is 0.309 e. The Bertz CT molecular complexity index is 1060. The number of sulfonamides is 1. The fraction of sp³-hybridized carbons (Fsp3) is 0.316. The number of ether oxygens (including phenoxy) is 1. The van der Waals surface area contributed by atoms with Crippen LogP contribution in [-0.4, -0.2) is 41.7 Å². The molecule has 4 rings (SSSR count). The van der Waals surface area contributed by atoms with Crippen LogP contribution < -0.4 is 0 Å². The number of esters is 1. The first kappa shape index (κ1) is 19.7. The van der Waals surface area contributed by atoms with Crippen LogP contribution in [0.15, 0.2) is 57.6 Å². The number of thiophene rings is 1. The van der Waals surface area contributed by atoms with Crippen molar-refractivity contribution >= 4 is 27.3 Å². The maximum atomic E-state index is 12.6. The van der Waals surface area contributed by atoms with Crippen molar-refractivity contribution in [3.8, 4) is 10.8 Å². The standard InChI is InChI=1S/C19H19N3O5S2/c23-19(27-13-15-12-26-18(21-15)17-4-2-10-28-17)14-5-8-22(9-6-14)29(24,25)16-3-1-7-20-11-16/h1-4,7,10-12,14H,5-6,8-9,13H2. The third-order valence-electron chi connectivity index (χ3n) is 4.71. The number of rotatable bonds is 6. The number of nitrogens with zero attached hydrogens (tertiary/aromatic N) is 3. The molecule has 1 fully saturated rings. The van der Waals surface area contributed by atoms with Gasteiger partial charge < -0.3 is 9.15 Å². The van der Waals surface area contributed by atoms with Gasteiger partial charge in [0.2, 0.25) is 15.9 Å². The second-order valence-corrected chi connectivity index (χ2v) is 9.48. The zero-order valence-electron chi connectivity index (χ0n) is 15.4. The monoisotopic (exact) mass is 433 g/mol. The molecular formula is C19H19N3O5S2. The fourth-order valence-electron chi connectivity index (χ4n) is 3.13. The van der Waals surface area contributed by atoms with Crippen LogP contribution in [0.1, 0.15) is 18.5 Å². The van der Waals surface area contributed by atoms with Crippen LogP contribution in [-0.2, 0) is 26.2 Å². The number of carbonyl (C=O) groups is 1. The van der Waals surface area contributed by atoms with Gasteiger partial charge in [0.25, 0.3) is 0 Å². The van der Waals surface area contributed by atoms with Gasteiger partial charge in [0.15, 0.2) is 0 Å². The summed E-state index contributed by atoms with van der Waals surface area (Å²) in [5.41, 5.74) is 0.540. The molecule has 0 aromatic carbocycles. The number of carbonyl (C=O) groups excluding carboxylic acids is 1. The highest BCUT2D eigenvalue weighted by atomic mass is 32.2. The number of hydrogen-bond acceptors (Lipinski definition) is 8. The van der Waals surface area contributed by atoms with Crippen molar-refractivity contribution in [3.63, 3.8) is 0 Å². The van der Waals surface area contributed by atoms with E-state index in [-0.39, 0.29) is 36.5 Å². The van der Waals surface area contributed by atoms with Crippen LogP contribution in [0.5, 0.6) is 0 Å². The third-order valence-corrected chi connectivity index (χ3v) is 7.45. The van der Waals surface area contributed by atoms with Gasteiger partial charge in [0, 0.05) is 25.5 Å². The van der Waals surface area contributed by atoms with E-state index in [1.807, 2.05) is 17.5 Å². The molecule has 4 heterocycles. The molecule has 0 N–H and O–H groups in total. The van der Waals surface area contributed by atoms with Gasteiger partial charge in [0.1, 0.15) is 23.5 Å². The first-order valence-electron chi connectivity index (χ1n) is 9.09. The van der Waals surface area contributed by atoms with E-state index in [9.17, 15) is 13.2 Å². The quantitative estimate of drug-likeness (QED) is 0.551. The first-order chi connectivity index (χ1) is 14.0. The van der Waals surface area contributed by atoms with E-state index >= 15 is 0 Å². The van der Waals surface area contributed by atoms with E-state index in [0.29, 0.717) is 24.4 Å². The number of hydrogen-bond donors (Lipinski definition) is 0. The summed E-state index contributed by atoms with van der Waals surface area (Å²) in [6, 6.07) is 6.92. The summed E-state index contributed by atoms with van der Waals surface area (Å²) in [7, 11) is -3.59. The minimum atomic E-state index is -3.59. The Morgan fingerprint density at radius 2 is 2.10 bits per heavy atom. The van der Waals surface area contributed by atoms with E-state index in [1.165, 1.54) is 40.4 Å². The van der Waals surface area contributed by atoms with E-state index in [1.54, 1.807) is 6.07 Å². The fourth-order valence-corrected chi connectivity index (χ4v) is 5.22. The van der Waals surface area contributed by atoms with E-state index in [2.05, 4.69) is 9.97 Å². The number of oxazole rings is 1. The first-order valence-corrected chi connectivity index (χ1v) is 11.4. The highest BCUT2D eigenvalue weighted by Gasteiger charge is 2.33. The van der Waals surface area contributed by atoms with Gasteiger partial charge in [0.05, 0.1) is 10.8 Å². The number of pyridine rings is 1. The number of aromatic nitrogens is 2. The minimum Gasteiger partial charge on any atom is -0.459 e. The maximum absolute atomic E-state index is 12.6. The molecular weight excluding hydrogens is 414 g/mol. The summed E-state index contributed by atoms with van der Waals surface area (Å²) < 4.78 is 37.4. The van der Waals surface area contributed by atoms with Crippen molar-refractivity contribution in [3.05, 3.63) is 54.0 Å². The molecule has 1 aliphatic heterocycles. The minimum absolute atomic E-state index is 0.0297. The lowest BCUT2D eigenvalue weighted by molar-refractivity contribution is -0.151. The Morgan fingerprint density at radius 1 is 1.28 bits per heavy atom. The van der Waals surface area contributed by atoms with Crippen molar-refractivity contribution in [1.82, 2.24) is 14.3 Å². The molecule has 3 aromatic heterocycles. The molecule has 0 aliphatic carbocycles. The normalized spacial score (nSPS) is 16.0. The lowest BCUT2D eigenvalue weighted by Gasteiger charge is -2.29. The highest BCUT2D eigenvalue weighted by molar-refractivity contribution is 7.89. The Hall–Kier alpha value is -2.56. The van der Waals surface area contributed by atoms with Gasteiger partial charge in [-0.05, 0) is 36.4 Å². The van der Waals surface area contributed by atoms with Gasteiger partial charge in [-0.2, -0.15) is 4.31 Å². The van der Waals surface area contributed by atoms with Crippen LogP contribution in [0.3, 0.4) is 0 Å². The molecule has 1 aliphatic rings. The predicted molar refractivity (Wildman–Crippen MR) is 105 cm³/mol. The molecule has 0 bridgehead atoms. The van der Waals surface area contributed by atoms with Gasteiger partial charge in [-0.1, -0.05) is 6.07 Å². The van der Waals surface area contributed by atoms with Gasteiger partial charge in [-0.25, -0.2) is 13.4 Å². The summed E-state index contributed by atoms with van der Waals surface area (Å²) in [4.78, 5) is 21.6. The predicted octanol–water partition coefficient (Wildman–Crippen LogP) is 2.94. The van der Waals surface area contributed by atoms with Crippen LogP contribution in [0.25, 0.3) is 10.8 Å². The van der Waals surface area contributed by atoms with Gasteiger partial charge >= 0.3 is 5.97 Å². The van der Waals surface area contributed by atoms with Crippen LogP contribution in [0.2, 0.25) is 0 Å². The average Bonchev–Trinajstić information content (AvgIpc) is 3.44. The average molecular weight is 434 g/mol. The second kappa shape index (κ2) is 8.44. The molecule has 0 spiro atoms. The van der Waals surface area contributed by atoms with Crippen LogP contribution >= 0.6 is 11.3 Å². The zero-order valence-corrected chi connectivity index (χ0v) is 17.1. The summed E-state index contributed by atoms with van der Waals surface area (Å²) in [6.45, 7) is 0.564. The Morgan fingerprint density at radius 3 is 2.79 bits per heavy atom. The highest BCUT2D eigenvalue weighted by Crippen LogP contribution is 2.26. The topological polar surface area (TPSA) is 103 Å². The zero-order chi connectivity index (χ0) is 20.3. The van der Waals surface area contributed by atoms with Crippen LogP contribution in [0.4, 0.5) is 0 Å². The Labute approximate surface area is 172 Å². The molecule has 8 nitrogen and oxygen atoms in total. The molecule has 0 saturated carbocycles. The lowest BCUT2D eigenvalue weighted by Crippen LogP contribution is -2.40. The van der Waals surface area contributed by atoms with Crippen molar-refractivity contribution in [1.29, 1.82) is 0 Å². The summed E-state index contributed by atoms with van der Waals surface area (Å²) >= 11 is 1.52.